The van der Waals surface area contributed by atoms with E-state index in [0.29, 0.717) is 0 Å². The molecule has 2 heterocycles. The lowest BCUT2D eigenvalue weighted by Gasteiger charge is -2.38. The molecule has 1 saturated carbocycles. The van der Waals surface area contributed by atoms with Gasteiger partial charge in [-0.05, 0) is 24.0 Å². The first-order valence-corrected chi connectivity index (χ1v) is 10.5. The molecule has 0 radical (unpaired) electrons. The van der Waals surface area contributed by atoms with Crippen molar-refractivity contribution in [3.05, 3.63) is 65.0 Å². The highest BCUT2D eigenvalue weighted by atomic mass is 35.5. The number of rotatable bonds is 5. The summed E-state index contributed by atoms with van der Waals surface area (Å²) < 4.78 is 33.1. The van der Waals surface area contributed by atoms with Crippen LogP contribution in [0.25, 0.3) is 11.3 Å². The zero-order valence-corrected chi connectivity index (χ0v) is 18.8. The van der Waals surface area contributed by atoms with Crippen molar-refractivity contribution in [1.29, 1.82) is 0 Å². The first-order chi connectivity index (χ1) is 15.4. The Labute approximate surface area is 194 Å². The summed E-state index contributed by atoms with van der Waals surface area (Å²) in [6.07, 6.45) is -0.576. The van der Waals surface area contributed by atoms with Gasteiger partial charge in [-0.25, -0.2) is 23.4 Å². The molecule has 1 atom stereocenters. The molecule has 2 N–H and O–H groups in total. The number of H-pyrrole nitrogens is 2. The predicted molar refractivity (Wildman–Crippen MR) is 117 cm³/mol. The fourth-order valence-electron chi connectivity index (χ4n) is 3.67. The highest BCUT2D eigenvalue weighted by Crippen LogP contribution is 2.48. The van der Waals surface area contributed by atoms with Gasteiger partial charge in [0.1, 0.15) is 0 Å². The van der Waals surface area contributed by atoms with E-state index in [9.17, 15) is 23.2 Å². The van der Waals surface area contributed by atoms with Gasteiger partial charge in [0, 0.05) is 37.1 Å². The second-order valence-corrected chi connectivity index (χ2v) is 8.72. The van der Waals surface area contributed by atoms with Crippen LogP contribution < -0.4 is 21.5 Å². The van der Waals surface area contributed by atoms with E-state index >= 15 is 0 Å². The van der Waals surface area contributed by atoms with Crippen molar-refractivity contribution in [3.63, 3.8) is 0 Å². The zero-order chi connectivity index (χ0) is 24.1. The summed E-state index contributed by atoms with van der Waals surface area (Å²) in [5.74, 6) is -3.53. The molecular weight excluding hydrogens is 483 g/mol. The van der Waals surface area contributed by atoms with E-state index in [2.05, 4.69) is 20.3 Å². The number of alkyl halides is 2. The van der Waals surface area contributed by atoms with E-state index in [4.69, 9.17) is 27.9 Å². The first-order valence-electron chi connectivity index (χ1n) is 9.77. The van der Waals surface area contributed by atoms with E-state index in [0.717, 1.165) is 4.68 Å². The number of hydrogen-bond acceptors (Lipinski definition) is 6. The van der Waals surface area contributed by atoms with Crippen molar-refractivity contribution in [3.8, 4) is 22.9 Å². The van der Waals surface area contributed by atoms with Gasteiger partial charge in [0.15, 0.2) is 11.4 Å². The number of halogens is 4. The van der Waals surface area contributed by atoms with Crippen LogP contribution in [-0.2, 0) is 7.05 Å². The second kappa shape index (κ2) is 8.38. The molecule has 0 aliphatic heterocycles. The van der Waals surface area contributed by atoms with E-state index < -0.39 is 28.6 Å². The number of nitrogens with zero attached hydrogens (tertiary/aromatic N) is 3. The molecule has 13 heteroatoms. The lowest BCUT2D eigenvalue weighted by atomic mass is 9.71. The maximum atomic E-state index is 13.2. The Kier molecular flexibility index (Phi) is 5.87. The van der Waals surface area contributed by atoms with Crippen LogP contribution in [0.1, 0.15) is 31.2 Å². The fourth-order valence-corrected chi connectivity index (χ4v) is 4.24. The van der Waals surface area contributed by atoms with Gasteiger partial charge >= 0.3 is 5.69 Å². The summed E-state index contributed by atoms with van der Waals surface area (Å²) in [5.41, 5.74) is -1.49. The van der Waals surface area contributed by atoms with Gasteiger partial charge in [0.2, 0.25) is 11.8 Å². The van der Waals surface area contributed by atoms with Gasteiger partial charge < -0.3 is 4.74 Å². The number of benzene rings is 1. The monoisotopic (exact) mass is 499 g/mol. The Hall–Kier alpha value is -3.05. The summed E-state index contributed by atoms with van der Waals surface area (Å²) in [4.78, 5) is 38.0. The van der Waals surface area contributed by atoms with Crippen molar-refractivity contribution in [2.24, 2.45) is 13.0 Å². The van der Waals surface area contributed by atoms with Gasteiger partial charge in [0.25, 0.3) is 11.1 Å². The highest BCUT2D eigenvalue weighted by molar-refractivity contribution is 6.37. The summed E-state index contributed by atoms with van der Waals surface area (Å²) in [6.45, 7) is 1.70. The summed E-state index contributed by atoms with van der Waals surface area (Å²) in [6, 6.07) is 4.10. The highest BCUT2D eigenvalue weighted by Gasteiger charge is 2.48. The Balaban J connectivity index is 1.64. The molecule has 0 bridgehead atoms. The summed E-state index contributed by atoms with van der Waals surface area (Å²) >= 11 is 12.6. The molecule has 0 spiro atoms. The number of aromatic amines is 2. The van der Waals surface area contributed by atoms with E-state index in [1.54, 1.807) is 6.92 Å². The van der Waals surface area contributed by atoms with Gasteiger partial charge in [-0.1, -0.05) is 30.1 Å². The predicted octanol–water partition coefficient (Wildman–Crippen LogP) is 3.47. The van der Waals surface area contributed by atoms with E-state index in [-0.39, 0.29) is 57.3 Å². The lowest BCUT2D eigenvalue weighted by molar-refractivity contribution is -0.116. The van der Waals surface area contributed by atoms with E-state index in [1.807, 2.05) is 0 Å². The average molecular weight is 500 g/mol. The molecule has 9 nitrogen and oxygen atoms in total. The van der Waals surface area contributed by atoms with Crippen LogP contribution in [0, 0.1) is 5.92 Å². The molecule has 1 aliphatic rings. The van der Waals surface area contributed by atoms with Crippen molar-refractivity contribution in [2.75, 3.05) is 0 Å². The SMILES string of the molecule is CC(c1cc(Oc2c(Cl)cc(-c3nn(C)c(=O)[nH]c3=O)cc2Cl)n[nH]c1=O)C1CC(F)(F)C1. The number of aromatic nitrogens is 5. The van der Waals surface area contributed by atoms with E-state index in [1.165, 1.54) is 25.2 Å². The normalized spacial score (nSPS) is 16.3. The Morgan fingerprint density at radius 2 is 1.79 bits per heavy atom. The van der Waals surface area contributed by atoms with Crippen LogP contribution in [0.4, 0.5) is 8.78 Å². The molecule has 2 aromatic heterocycles. The van der Waals surface area contributed by atoms with Crippen molar-refractivity contribution in [1.82, 2.24) is 25.0 Å². The molecule has 3 aromatic rings. The third-order valence-corrected chi connectivity index (χ3v) is 6.15. The van der Waals surface area contributed by atoms with Gasteiger partial charge in [0.05, 0.1) is 10.0 Å². The Morgan fingerprint density at radius 3 is 2.39 bits per heavy atom. The molecule has 174 valence electrons. The van der Waals surface area contributed by atoms with Crippen LogP contribution >= 0.6 is 23.2 Å². The molecular formula is C20H17Cl2F2N5O4. The topological polar surface area (TPSA) is 123 Å². The van der Waals surface area contributed by atoms with Crippen molar-refractivity contribution >= 4 is 23.2 Å². The maximum absolute atomic E-state index is 13.2. The molecule has 0 amide bonds. The molecule has 1 unspecified atom stereocenters. The van der Waals surface area contributed by atoms with Crippen LogP contribution in [0.15, 0.2) is 32.6 Å². The van der Waals surface area contributed by atoms with Crippen LogP contribution in [0.3, 0.4) is 0 Å². The lowest BCUT2D eigenvalue weighted by Crippen LogP contribution is -2.39. The van der Waals surface area contributed by atoms with Crippen LogP contribution in [-0.4, -0.2) is 30.9 Å². The third kappa shape index (κ3) is 4.55. The minimum Gasteiger partial charge on any atom is -0.434 e. The molecule has 1 aliphatic carbocycles. The Morgan fingerprint density at radius 1 is 1.15 bits per heavy atom. The summed E-state index contributed by atoms with van der Waals surface area (Å²) in [5, 5.41) is 10.0. The smallest absolute Gasteiger partial charge is 0.344 e. The number of aryl methyl sites for hydroxylation is 1. The van der Waals surface area contributed by atoms with Crippen LogP contribution in [0.2, 0.25) is 10.0 Å². The van der Waals surface area contributed by atoms with Gasteiger partial charge in [-0.15, -0.1) is 5.10 Å². The first kappa shape index (κ1) is 23.1. The number of ether oxygens (including phenoxy) is 1. The summed E-state index contributed by atoms with van der Waals surface area (Å²) in [7, 11) is 1.37. The maximum Gasteiger partial charge on any atom is 0.344 e. The molecule has 0 saturated heterocycles. The molecule has 33 heavy (non-hydrogen) atoms. The van der Waals surface area contributed by atoms with Crippen molar-refractivity contribution < 1.29 is 13.5 Å². The van der Waals surface area contributed by atoms with Gasteiger partial charge in [-0.2, -0.15) is 5.10 Å². The average Bonchev–Trinajstić information content (AvgIpc) is 2.72. The largest absolute Gasteiger partial charge is 0.434 e. The minimum atomic E-state index is -2.71. The zero-order valence-electron chi connectivity index (χ0n) is 17.3. The second-order valence-electron chi connectivity index (χ2n) is 7.91. The Bertz CT molecular complexity index is 1390. The molecule has 1 aromatic carbocycles. The standard InChI is InChI=1S/C20H17Cl2F2N5O4/c1-8(10-6-20(23,24)7-10)11-5-14(26-27-17(11)30)33-16-12(21)3-9(4-13(16)22)15-18(31)25-19(32)29(2)28-15/h3-5,8,10H,6-7H2,1-2H3,(H,27,30)(H,25,31,32). The minimum absolute atomic E-state index is 0.00309. The van der Waals surface area contributed by atoms with Crippen LogP contribution in [0.5, 0.6) is 11.6 Å². The number of nitrogens with one attached hydrogen (secondary N) is 2. The fraction of sp³-hybridized carbons (Fsp3) is 0.350. The van der Waals surface area contributed by atoms with Gasteiger partial charge in [-0.3, -0.25) is 14.6 Å². The molecule has 4 rings (SSSR count). The quantitative estimate of drug-likeness (QED) is 0.553. The third-order valence-electron chi connectivity index (χ3n) is 5.59. The number of hydrogen-bond donors (Lipinski definition) is 2. The molecule has 1 fully saturated rings. The van der Waals surface area contributed by atoms with Crippen molar-refractivity contribution in [2.45, 2.75) is 31.6 Å².